The van der Waals surface area contributed by atoms with Crippen molar-refractivity contribution in [2.75, 3.05) is 12.8 Å². The molecule has 0 aromatic carbocycles. The van der Waals surface area contributed by atoms with Gasteiger partial charge in [0.25, 0.3) is 0 Å². The molecule has 3 heteroatoms. The van der Waals surface area contributed by atoms with E-state index >= 15 is 0 Å². The average molecular weight is 175 g/mol. The fourth-order valence-electron chi connectivity index (χ4n) is 0.869. The van der Waals surface area contributed by atoms with Gasteiger partial charge in [-0.05, 0) is 25.6 Å². The molecule has 0 saturated carbocycles. The first-order chi connectivity index (χ1) is 5.31. The topological polar surface area (TPSA) is 43.1 Å². The van der Waals surface area contributed by atoms with E-state index in [4.69, 9.17) is 5.73 Å². The molecular weight excluding hydrogens is 158 g/mol. The fourth-order valence-corrected chi connectivity index (χ4v) is 1.22. The van der Waals surface area contributed by atoms with Crippen LogP contribution in [-0.4, -0.2) is 17.9 Å². The molecule has 0 aromatic rings. The van der Waals surface area contributed by atoms with Crippen LogP contribution in [0, 0.1) is 0 Å². The second-order valence-corrected chi connectivity index (χ2v) is 3.39. The summed E-state index contributed by atoms with van der Waals surface area (Å²) in [7, 11) is 0. The van der Waals surface area contributed by atoms with E-state index in [0.717, 1.165) is 38.6 Å². The van der Waals surface area contributed by atoms with E-state index in [2.05, 4.69) is 0 Å². The molecule has 0 bridgehead atoms. The van der Waals surface area contributed by atoms with Crippen LogP contribution in [0.5, 0.6) is 0 Å². The predicted molar refractivity (Wildman–Crippen MR) is 50.7 cm³/mol. The first-order valence-corrected chi connectivity index (χ1v) is 5.30. The van der Waals surface area contributed by atoms with Crippen LogP contribution in [0.2, 0.25) is 0 Å². The molecule has 2 nitrogen and oxygen atoms in total. The molecule has 0 spiro atoms. The van der Waals surface area contributed by atoms with Crippen molar-refractivity contribution in [1.29, 1.82) is 0 Å². The summed E-state index contributed by atoms with van der Waals surface area (Å²) >= 11 is 1.32. The van der Waals surface area contributed by atoms with E-state index in [1.165, 1.54) is 11.8 Å². The van der Waals surface area contributed by atoms with Crippen LogP contribution in [0.25, 0.3) is 0 Å². The average Bonchev–Trinajstić information content (AvgIpc) is 2.04. The monoisotopic (exact) mass is 175 g/mol. The normalized spacial score (nSPS) is 10.0. The van der Waals surface area contributed by atoms with Gasteiger partial charge in [-0.1, -0.05) is 24.6 Å². The van der Waals surface area contributed by atoms with Crippen LogP contribution < -0.4 is 5.73 Å². The van der Waals surface area contributed by atoms with E-state index in [-0.39, 0.29) is 0 Å². The first kappa shape index (κ1) is 11.0. The lowest BCUT2D eigenvalue weighted by atomic mass is 10.1. The Hall–Kier alpha value is -0.0200. The summed E-state index contributed by atoms with van der Waals surface area (Å²) in [6.07, 6.45) is 6.99. The van der Waals surface area contributed by atoms with Gasteiger partial charge >= 0.3 is 0 Å². The summed E-state index contributed by atoms with van der Waals surface area (Å²) < 4.78 is 0. The third-order valence-corrected chi connectivity index (χ3v) is 2.22. The van der Waals surface area contributed by atoms with Crippen molar-refractivity contribution in [1.82, 2.24) is 0 Å². The number of unbranched alkanes of at least 4 members (excludes halogenated alkanes) is 3. The molecule has 0 aliphatic heterocycles. The molecule has 0 aromatic heterocycles. The molecular formula is C8H17NOS. The lowest BCUT2D eigenvalue weighted by Crippen LogP contribution is -1.98. The van der Waals surface area contributed by atoms with E-state index in [0.29, 0.717) is 5.12 Å². The Labute approximate surface area is 72.9 Å². The largest absolute Gasteiger partial charge is 0.330 e. The Bertz CT molecular complexity index is 106. The first-order valence-electron chi connectivity index (χ1n) is 4.08. The van der Waals surface area contributed by atoms with Crippen LogP contribution >= 0.6 is 11.8 Å². The molecule has 0 radical (unpaired) electrons. The van der Waals surface area contributed by atoms with Crippen molar-refractivity contribution in [2.45, 2.75) is 32.1 Å². The molecule has 66 valence electrons. The Morgan fingerprint density at radius 3 is 2.45 bits per heavy atom. The van der Waals surface area contributed by atoms with Gasteiger partial charge in [0.1, 0.15) is 0 Å². The fraction of sp³-hybridized carbons (Fsp3) is 0.875. The van der Waals surface area contributed by atoms with Crippen molar-refractivity contribution < 1.29 is 4.79 Å². The number of carbonyl (C=O) groups excluding carboxylic acids is 1. The van der Waals surface area contributed by atoms with Crippen LogP contribution in [0.15, 0.2) is 0 Å². The highest BCUT2D eigenvalue weighted by Crippen LogP contribution is 2.07. The zero-order chi connectivity index (χ0) is 8.53. The summed E-state index contributed by atoms with van der Waals surface area (Å²) in [6, 6.07) is 0. The molecule has 0 aliphatic rings. The Morgan fingerprint density at radius 1 is 1.27 bits per heavy atom. The highest BCUT2D eigenvalue weighted by molar-refractivity contribution is 8.13. The van der Waals surface area contributed by atoms with Crippen LogP contribution in [0.4, 0.5) is 0 Å². The van der Waals surface area contributed by atoms with Gasteiger partial charge in [0, 0.05) is 6.42 Å². The summed E-state index contributed by atoms with van der Waals surface area (Å²) in [5, 5.41) is 0.303. The highest BCUT2D eigenvalue weighted by Gasteiger charge is 1.97. The number of thioether (sulfide) groups is 1. The maximum atomic E-state index is 10.8. The van der Waals surface area contributed by atoms with E-state index in [1.54, 1.807) is 0 Å². The van der Waals surface area contributed by atoms with Crippen molar-refractivity contribution >= 4 is 16.9 Å². The zero-order valence-electron chi connectivity index (χ0n) is 7.14. The molecule has 0 amide bonds. The minimum Gasteiger partial charge on any atom is -0.330 e. The molecule has 11 heavy (non-hydrogen) atoms. The quantitative estimate of drug-likeness (QED) is 0.626. The number of carbonyl (C=O) groups is 1. The van der Waals surface area contributed by atoms with Crippen LogP contribution in [-0.2, 0) is 4.79 Å². The van der Waals surface area contributed by atoms with Crippen molar-refractivity contribution in [2.24, 2.45) is 5.73 Å². The standard InChI is InChI=1S/C8H17NOS/c1-11-8(10)6-4-2-3-5-7-9/h2-7,9H2,1H3. The summed E-state index contributed by atoms with van der Waals surface area (Å²) in [5.41, 5.74) is 5.33. The van der Waals surface area contributed by atoms with Gasteiger partial charge in [-0.15, -0.1) is 0 Å². The van der Waals surface area contributed by atoms with Crippen molar-refractivity contribution in [3.8, 4) is 0 Å². The summed E-state index contributed by atoms with van der Waals surface area (Å²) in [4.78, 5) is 10.8. The van der Waals surface area contributed by atoms with E-state index in [1.807, 2.05) is 6.26 Å². The van der Waals surface area contributed by atoms with Crippen LogP contribution in [0.3, 0.4) is 0 Å². The van der Waals surface area contributed by atoms with Gasteiger partial charge in [-0.2, -0.15) is 0 Å². The minimum absolute atomic E-state index is 0.303. The molecule has 0 unspecified atom stereocenters. The second-order valence-electron chi connectivity index (χ2n) is 2.53. The van der Waals surface area contributed by atoms with E-state index in [9.17, 15) is 4.79 Å². The Morgan fingerprint density at radius 2 is 1.91 bits per heavy atom. The predicted octanol–water partition coefficient (Wildman–Crippen LogP) is 1.79. The molecule has 2 N–H and O–H groups in total. The second kappa shape index (κ2) is 8.08. The van der Waals surface area contributed by atoms with E-state index < -0.39 is 0 Å². The van der Waals surface area contributed by atoms with Gasteiger partial charge in [0.2, 0.25) is 0 Å². The van der Waals surface area contributed by atoms with Gasteiger partial charge in [0.05, 0.1) is 0 Å². The molecule has 0 fully saturated rings. The highest BCUT2D eigenvalue weighted by atomic mass is 32.2. The molecule has 0 aliphatic carbocycles. The number of nitrogens with two attached hydrogens (primary N) is 1. The third-order valence-electron chi connectivity index (χ3n) is 1.56. The minimum atomic E-state index is 0.303. The lowest BCUT2D eigenvalue weighted by Gasteiger charge is -1.97. The number of hydrogen-bond donors (Lipinski definition) is 1. The maximum absolute atomic E-state index is 10.8. The molecule has 0 saturated heterocycles. The summed E-state index contributed by atoms with van der Waals surface area (Å²) in [5.74, 6) is 0. The van der Waals surface area contributed by atoms with Crippen LogP contribution in [0.1, 0.15) is 32.1 Å². The molecule has 0 atom stereocenters. The smallest absolute Gasteiger partial charge is 0.188 e. The van der Waals surface area contributed by atoms with Gasteiger partial charge in [-0.3, -0.25) is 4.79 Å². The Kier molecular flexibility index (Phi) is 8.07. The molecule has 0 heterocycles. The van der Waals surface area contributed by atoms with Crippen molar-refractivity contribution in [3.63, 3.8) is 0 Å². The van der Waals surface area contributed by atoms with Gasteiger partial charge < -0.3 is 5.73 Å². The maximum Gasteiger partial charge on any atom is 0.188 e. The molecule has 0 rings (SSSR count). The van der Waals surface area contributed by atoms with Gasteiger partial charge in [0.15, 0.2) is 5.12 Å². The lowest BCUT2D eigenvalue weighted by molar-refractivity contribution is -0.111. The zero-order valence-corrected chi connectivity index (χ0v) is 7.95. The summed E-state index contributed by atoms with van der Waals surface area (Å²) in [6.45, 7) is 0.774. The number of rotatable bonds is 6. The SMILES string of the molecule is CSC(=O)CCCCCCN. The number of hydrogen-bond acceptors (Lipinski definition) is 3. The third kappa shape index (κ3) is 7.88. The van der Waals surface area contributed by atoms with Gasteiger partial charge in [-0.25, -0.2) is 0 Å². The Balaban J connectivity index is 2.95. The van der Waals surface area contributed by atoms with Crippen molar-refractivity contribution in [3.05, 3.63) is 0 Å².